The van der Waals surface area contributed by atoms with Gasteiger partial charge in [-0.2, -0.15) is 0 Å². The second-order valence-corrected chi connectivity index (χ2v) is 9.05. The van der Waals surface area contributed by atoms with Crippen LogP contribution in [-0.4, -0.2) is 51.8 Å². The standard InChI is InChI=1S/C23H31N5O/c29-22(23(16-24-17-23)15-18-7-3-1-4-8-18)27-13-10-19(11-14-27)21-26-25-20-9-5-2-6-12-28(20)21/h1,3-4,7-8,19,24H,2,5-6,9-17H2. The van der Waals surface area contributed by atoms with Gasteiger partial charge in [0, 0.05) is 45.1 Å². The van der Waals surface area contributed by atoms with E-state index in [0.717, 1.165) is 58.4 Å². The summed E-state index contributed by atoms with van der Waals surface area (Å²) in [6.45, 7) is 4.31. The fraction of sp³-hybridized carbons (Fsp3) is 0.609. The maximum absolute atomic E-state index is 13.4. The van der Waals surface area contributed by atoms with Gasteiger partial charge in [0.05, 0.1) is 5.41 Å². The molecule has 0 aliphatic carbocycles. The summed E-state index contributed by atoms with van der Waals surface area (Å²) in [5, 5.41) is 12.4. The van der Waals surface area contributed by atoms with Gasteiger partial charge in [-0.25, -0.2) is 0 Å². The summed E-state index contributed by atoms with van der Waals surface area (Å²) >= 11 is 0. The van der Waals surface area contributed by atoms with Crippen LogP contribution in [0.4, 0.5) is 0 Å². The lowest BCUT2D eigenvalue weighted by molar-refractivity contribution is -0.146. The van der Waals surface area contributed by atoms with Crippen molar-refractivity contribution in [1.82, 2.24) is 25.0 Å². The molecule has 0 atom stereocenters. The van der Waals surface area contributed by atoms with Crippen LogP contribution in [0, 0.1) is 5.41 Å². The topological polar surface area (TPSA) is 63.1 Å². The van der Waals surface area contributed by atoms with E-state index in [1.54, 1.807) is 0 Å². The molecule has 1 aromatic heterocycles. The minimum absolute atomic E-state index is 0.264. The van der Waals surface area contributed by atoms with Crippen molar-refractivity contribution in [3.05, 3.63) is 47.5 Å². The number of rotatable bonds is 4. The molecular weight excluding hydrogens is 362 g/mol. The molecule has 3 aliphatic rings. The Morgan fingerprint density at radius 2 is 1.83 bits per heavy atom. The molecule has 2 fully saturated rings. The average Bonchev–Trinajstić information content (AvgIpc) is 2.99. The largest absolute Gasteiger partial charge is 0.342 e. The molecule has 4 heterocycles. The Hall–Kier alpha value is -2.21. The van der Waals surface area contributed by atoms with Crippen LogP contribution < -0.4 is 5.32 Å². The Morgan fingerprint density at radius 3 is 2.55 bits per heavy atom. The van der Waals surface area contributed by atoms with Crippen LogP contribution in [-0.2, 0) is 24.2 Å². The van der Waals surface area contributed by atoms with Crippen LogP contribution in [0.3, 0.4) is 0 Å². The summed E-state index contributed by atoms with van der Waals surface area (Å²) < 4.78 is 2.38. The first-order valence-corrected chi connectivity index (χ1v) is 11.2. The maximum Gasteiger partial charge on any atom is 0.231 e. The quantitative estimate of drug-likeness (QED) is 0.867. The molecule has 0 saturated carbocycles. The monoisotopic (exact) mass is 393 g/mol. The van der Waals surface area contributed by atoms with Crippen LogP contribution in [0.5, 0.6) is 0 Å². The van der Waals surface area contributed by atoms with Gasteiger partial charge in [0.25, 0.3) is 0 Å². The molecule has 6 nitrogen and oxygen atoms in total. The van der Waals surface area contributed by atoms with Crippen molar-refractivity contribution in [2.24, 2.45) is 5.41 Å². The van der Waals surface area contributed by atoms with Gasteiger partial charge >= 0.3 is 0 Å². The Kier molecular flexibility index (Phi) is 5.12. The van der Waals surface area contributed by atoms with Crippen LogP contribution in [0.25, 0.3) is 0 Å². The average molecular weight is 394 g/mol. The number of nitrogens with one attached hydrogen (secondary N) is 1. The van der Waals surface area contributed by atoms with E-state index in [0.29, 0.717) is 11.8 Å². The van der Waals surface area contributed by atoms with Gasteiger partial charge < -0.3 is 14.8 Å². The molecule has 29 heavy (non-hydrogen) atoms. The summed E-state index contributed by atoms with van der Waals surface area (Å²) in [6.07, 6.45) is 7.62. The number of carbonyl (C=O) groups is 1. The molecule has 1 aromatic carbocycles. The highest BCUT2D eigenvalue weighted by Crippen LogP contribution is 2.34. The molecular formula is C23H31N5O. The fourth-order valence-electron chi connectivity index (χ4n) is 5.25. The predicted octanol–water partition coefficient (Wildman–Crippen LogP) is 2.54. The van der Waals surface area contributed by atoms with Crippen LogP contribution in [0.1, 0.15) is 55.2 Å². The number of benzene rings is 1. The molecule has 1 N–H and O–H groups in total. The number of fused-ring (bicyclic) bond motifs is 1. The third kappa shape index (κ3) is 3.59. The summed E-state index contributed by atoms with van der Waals surface area (Å²) in [5.74, 6) is 3.10. The Labute approximate surface area is 172 Å². The molecule has 0 spiro atoms. The van der Waals surface area contributed by atoms with E-state index in [1.807, 2.05) is 6.07 Å². The zero-order valence-electron chi connectivity index (χ0n) is 17.1. The third-order valence-corrected chi connectivity index (χ3v) is 7.05. The van der Waals surface area contributed by atoms with Crippen molar-refractivity contribution in [1.29, 1.82) is 0 Å². The van der Waals surface area contributed by atoms with Crippen molar-refractivity contribution in [2.45, 2.75) is 57.4 Å². The van der Waals surface area contributed by atoms with Gasteiger partial charge in [-0.3, -0.25) is 4.79 Å². The number of hydrogen-bond donors (Lipinski definition) is 1. The molecule has 2 saturated heterocycles. The van der Waals surface area contributed by atoms with Gasteiger partial charge in [0.1, 0.15) is 11.6 Å². The fourth-order valence-corrected chi connectivity index (χ4v) is 5.25. The molecule has 2 aromatic rings. The molecule has 3 aliphatic heterocycles. The number of piperidine rings is 1. The van der Waals surface area contributed by atoms with Crippen molar-refractivity contribution in [3.8, 4) is 0 Å². The first kappa shape index (κ1) is 18.8. The lowest BCUT2D eigenvalue weighted by Gasteiger charge is -2.45. The highest BCUT2D eigenvalue weighted by Gasteiger charge is 2.47. The van der Waals surface area contributed by atoms with Crippen molar-refractivity contribution >= 4 is 5.91 Å². The van der Waals surface area contributed by atoms with Gasteiger partial charge in [-0.05, 0) is 37.7 Å². The Bertz CT molecular complexity index is 849. The lowest BCUT2D eigenvalue weighted by Crippen LogP contribution is -2.63. The first-order valence-electron chi connectivity index (χ1n) is 11.2. The van der Waals surface area contributed by atoms with Crippen LogP contribution in [0.15, 0.2) is 30.3 Å². The third-order valence-electron chi connectivity index (χ3n) is 7.05. The van der Waals surface area contributed by atoms with E-state index < -0.39 is 0 Å². The van der Waals surface area contributed by atoms with Crippen molar-refractivity contribution in [2.75, 3.05) is 26.2 Å². The second-order valence-electron chi connectivity index (χ2n) is 9.05. The molecule has 6 heteroatoms. The minimum Gasteiger partial charge on any atom is -0.342 e. The van der Waals surface area contributed by atoms with E-state index in [4.69, 9.17) is 0 Å². The van der Waals surface area contributed by atoms with E-state index in [2.05, 4.69) is 49.2 Å². The van der Waals surface area contributed by atoms with E-state index in [-0.39, 0.29) is 5.41 Å². The number of nitrogens with zero attached hydrogens (tertiary/aromatic N) is 4. The smallest absolute Gasteiger partial charge is 0.231 e. The van der Waals surface area contributed by atoms with Gasteiger partial charge in [0.15, 0.2) is 0 Å². The summed E-state index contributed by atoms with van der Waals surface area (Å²) in [7, 11) is 0. The van der Waals surface area contributed by atoms with E-state index in [1.165, 1.54) is 36.5 Å². The highest BCUT2D eigenvalue weighted by molar-refractivity contribution is 5.85. The summed E-state index contributed by atoms with van der Waals surface area (Å²) in [4.78, 5) is 15.5. The van der Waals surface area contributed by atoms with Crippen LogP contribution >= 0.6 is 0 Å². The molecule has 0 radical (unpaired) electrons. The summed E-state index contributed by atoms with van der Waals surface area (Å²) in [6, 6.07) is 10.4. The molecule has 154 valence electrons. The number of aromatic nitrogens is 3. The number of likely N-dealkylation sites (tertiary alicyclic amines) is 1. The van der Waals surface area contributed by atoms with E-state index in [9.17, 15) is 4.79 Å². The Morgan fingerprint density at radius 1 is 1.03 bits per heavy atom. The maximum atomic E-state index is 13.4. The molecule has 5 rings (SSSR count). The van der Waals surface area contributed by atoms with Gasteiger partial charge in [-0.1, -0.05) is 36.8 Å². The number of amides is 1. The normalized spacial score (nSPS) is 21.9. The lowest BCUT2D eigenvalue weighted by atomic mass is 9.74. The number of carbonyl (C=O) groups excluding carboxylic acids is 1. The first-order chi connectivity index (χ1) is 14.3. The SMILES string of the molecule is O=C(N1CCC(c2nnc3n2CCCCC3)CC1)C1(Cc2ccccc2)CNC1. The molecule has 1 amide bonds. The van der Waals surface area contributed by atoms with E-state index >= 15 is 0 Å². The van der Waals surface area contributed by atoms with Gasteiger partial charge in [-0.15, -0.1) is 10.2 Å². The molecule has 0 unspecified atom stereocenters. The van der Waals surface area contributed by atoms with Crippen molar-refractivity contribution < 1.29 is 4.79 Å². The molecule has 0 bridgehead atoms. The second kappa shape index (κ2) is 7.90. The van der Waals surface area contributed by atoms with Crippen LogP contribution in [0.2, 0.25) is 0 Å². The zero-order valence-corrected chi connectivity index (χ0v) is 17.1. The minimum atomic E-state index is -0.264. The zero-order chi connectivity index (χ0) is 19.7. The number of hydrogen-bond acceptors (Lipinski definition) is 4. The van der Waals surface area contributed by atoms with Gasteiger partial charge in [0.2, 0.25) is 5.91 Å². The predicted molar refractivity (Wildman–Crippen MR) is 112 cm³/mol. The summed E-state index contributed by atoms with van der Waals surface area (Å²) in [5.41, 5.74) is 0.989. The number of aryl methyl sites for hydroxylation is 1. The Balaban J connectivity index is 1.25. The highest BCUT2D eigenvalue weighted by atomic mass is 16.2. The van der Waals surface area contributed by atoms with Crippen molar-refractivity contribution in [3.63, 3.8) is 0 Å².